The first-order valence-corrected chi connectivity index (χ1v) is 8.17. The lowest BCUT2D eigenvalue weighted by atomic mass is 10.1. The first-order chi connectivity index (χ1) is 13.4. The highest BCUT2D eigenvalue weighted by atomic mass is 16.6. The summed E-state index contributed by atoms with van der Waals surface area (Å²) in [4.78, 5) is 22.6. The van der Waals surface area contributed by atoms with Gasteiger partial charge in [0.1, 0.15) is 17.1 Å². The molecule has 0 radical (unpaired) electrons. The second-order valence-electron chi connectivity index (χ2n) is 5.80. The summed E-state index contributed by atoms with van der Waals surface area (Å²) >= 11 is 0. The molecule has 2 aromatic carbocycles. The summed E-state index contributed by atoms with van der Waals surface area (Å²) in [6, 6.07) is 9.03. The van der Waals surface area contributed by atoms with Crippen molar-refractivity contribution in [2.24, 2.45) is 5.10 Å². The number of non-ortho nitro benzene ring substituents is 1. The standard InChI is InChI=1S/C19H17N3O6/c1-11-15(26-2)6-4-12(18(11)27-3)10-20-21-19(23)17-9-13-8-14(22(24)25)5-7-16(13)28-17/h4-10H,1-3H3,(H,21,23)/b20-10-. The number of hydrogen-bond acceptors (Lipinski definition) is 7. The minimum absolute atomic E-state index is 0.00877. The fourth-order valence-corrected chi connectivity index (χ4v) is 2.76. The molecule has 9 nitrogen and oxygen atoms in total. The number of furan rings is 1. The number of methoxy groups -OCH3 is 2. The Morgan fingerprint density at radius 1 is 1.21 bits per heavy atom. The molecular formula is C19H17N3O6. The van der Waals surface area contributed by atoms with Gasteiger partial charge in [0.15, 0.2) is 5.76 Å². The largest absolute Gasteiger partial charge is 0.496 e. The van der Waals surface area contributed by atoms with Crippen LogP contribution in [0.5, 0.6) is 11.5 Å². The van der Waals surface area contributed by atoms with Crippen LogP contribution in [0.1, 0.15) is 21.7 Å². The minimum Gasteiger partial charge on any atom is -0.496 e. The van der Waals surface area contributed by atoms with Gasteiger partial charge in [-0.1, -0.05) is 0 Å². The third-order valence-corrected chi connectivity index (χ3v) is 4.11. The third kappa shape index (κ3) is 3.63. The summed E-state index contributed by atoms with van der Waals surface area (Å²) in [5.74, 6) is 0.660. The van der Waals surface area contributed by atoms with Gasteiger partial charge < -0.3 is 13.9 Å². The number of nitrogens with zero attached hydrogens (tertiary/aromatic N) is 2. The van der Waals surface area contributed by atoms with Crippen LogP contribution < -0.4 is 14.9 Å². The van der Waals surface area contributed by atoms with Crippen LogP contribution >= 0.6 is 0 Å². The average molecular weight is 383 g/mol. The van der Waals surface area contributed by atoms with Crippen molar-refractivity contribution in [3.8, 4) is 11.5 Å². The molecule has 9 heteroatoms. The SMILES string of the molecule is COc1ccc(/C=N\NC(=O)c2cc3cc([N+](=O)[O-])ccc3o2)c(OC)c1C. The van der Waals surface area contributed by atoms with Crippen LogP contribution in [-0.2, 0) is 0 Å². The van der Waals surface area contributed by atoms with E-state index in [0.29, 0.717) is 28.0 Å². The number of amides is 1. The van der Waals surface area contributed by atoms with Crippen molar-refractivity contribution in [1.29, 1.82) is 0 Å². The number of ether oxygens (including phenoxy) is 2. The van der Waals surface area contributed by atoms with Crippen LogP contribution in [-0.4, -0.2) is 31.3 Å². The van der Waals surface area contributed by atoms with Gasteiger partial charge in [0.25, 0.3) is 5.69 Å². The zero-order valence-electron chi connectivity index (χ0n) is 15.4. The molecule has 0 aliphatic heterocycles. The lowest BCUT2D eigenvalue weighted by Gasteiger charge is -2.11. The normalized spacial score (nSPS) is 11.0. The number of nitro benzene ring substituents is 1. The molecule has 3 rings (SSSR count). The van der Waals surface area contributed by atoms with Gasteiger partial charge in [0.2, 0.25) is 0 Å². The van der Waals surface area contributed by atoms with E-state index in [-0.39, 0.29) is 11.4 Å². The van der Waals surface area contributed by atoms with Crippen molar-refractivity contribution in [3.63, 3.8) is 0 Å². The number of carbonyl (C=O) groups is 1. The first-order valence-electron chi connectivity index (χ1n) is 8.17. The molecule has 0 saturated heterocycles. The molecule has 0 saturated carbocycles. The summed E-state index contributed by atoms with van der Waals surface area (Å²) in [6.07, 6.45) is 1.44. The summed E-state index contributed by atoms with van der Waals surface area (Å²) in [6.45, 7) is 1.85. The molecule has 1 N–H and O–H groups in total. The van der Waals surface area contributed by atoms with Crippen molar-refractivity contribution in [2.45, 2.75) is 6.92 Å². The van der Waals surface area contributed by atoms with Crippen molar-refractivity contribution in [3.05, 3.63) is 63.4 Å². The van der Waals surface area contributed by atoms with E-state index in [1.807, 2.05) is 6.92 Å². The highest BCUT2D eigenvalue weighted by molar-refractivity contribution is 5.97. The van der Waals surface area contributed by atoms with Gasteiger partial charge in [0, 0.05) is 28.6 Å². The predicted molar refractivity (Wildman–Crippen MR) is 102 cm³/mol. The van der Waals surface area contributed by atoms with Gasteiger partial charge in [-0.25, -0.2) is 5.43 Å². The second-order valence-corrected chi connectivity index (χ2v) is 5.80. The minimum atomic E-state index is -0.584. The Morgan fingerprint density at radius 2 is 2.00 bits per heavy atom. The number of nitrogens with one attached hydrogen (secondary N) is 1. The molecule has 28 heavy (non-hydrogen) atoms. The molecule has 3 aromatic rings. The lowest BCUT2D eigenvalue weighted by Crippen LogP contribution is -2.16. The van der Waals surface area contributed by atoms with Crippen molar-refractivity contribution in [2.75, 3.05) is 14.2 Å². The van der Waals surface area contributed by atoms with Crippen LogP contribution in [0, 0.1) is 17.0 Å². The molecule has 0 aliphatic rings. The summed E-state index contributed by atoms with van der Waals surface area (Å²) in [5.41, 5.74) is 4.10. The molecule has 0 bridgehead atoms. The highest BCUT2D eigenvalue weighted by Gasteiger charge is 2.15. The summed E-state index contributed by atoms with van der Waals surface area (Å²) in [7, 11) is 3.10. The van der Waals surface area contributed by atoms with E-state index in [0.717, 1.165) is 5.56 Å². The van der Waals surface area contributed by atoms with Crippen LogP contribution in [0.25, 0.3) is 11.0 Å². The summed E-state index contributed by atoms with van der Waals surface area (Å²) < 4.78 is 16.0. The maximum absolute atomic E-state index is 12.2. The topological polar surface area (TPSA) is 116 Å². The monoisotopic (exact) mass is 383 g/mol. The Balaban J connectivity index is 1.78. The van der Waals surface area contributed by atoms with Gasteiger partial charge in [-0.2, -0.15) is 5.10 Å². The lowest BCUT2D eigenvalue weighted by molar-refractivity contribution is -0.384. The van der Waals surface area contributed by atoms with E-state index >= 15 is 0 Å². The zero-order chi connectivity index (χ0) is 20.3. The van der Waals surface area contributed by atoms with Gasteiger partial charge >= 0.3 is 5.91 Å². The first kappa shape index (κ1) is 18.9. The van der Waals surface area contributed by atoms with Crippen LogP contribution in [0.3, 0.4) is 0 Å². The number of rotatable bonds is 6. The quantitative estimate of drug-likeness (QED) is 0.396. The van der Waals surface area contributed by atoms with Gasteiger partial charge in [-0.15, -0.1) is 0 Å². The Hall–Kier alpha value is -3.88. The van der Waals surface area contributed by atoms with E-state index in [9.17, 15) is 14.9 Å². The van der Waals surface area contributed by atoms with Gasteiger partial charge in [-0.3, -0.25) is 14.9 Å². The van der Waals surface area contributed by atoms with E-state index in [4.69, 9.17) is 13.9 Å². The molecule has 1 aromatic heterocycles. The van der Waals surface area contributed by atoms with E-state index in [2.05, 4.69) is 10.5 Å². The Bertz CT molecular complexity index is 1090. The number of hydrazone groups is 1. The highest BCUT2D eigenvalue weighted by Crippen LogP contribution is 2.30. The molecular weight excluding hydrogens is 366 g/mol. The molecule has 144 valence electrons. The van der Waals surface area contributed by atoms with E-state index in [1.165, 1.54) is 37.6 Å². The molecule has 0 atom stereocenters. The van der Waals surface area contributed by atoms with Crippen molar-refractivity contribution in [1.82, 2.24) is 5.43 Å². The maximum atomic E-state index is 12.2. The van der Waals surface area contributed by atoms with Crippen molar-refractivity contribution >= 4 is 28.8 Å². The molecule has 1 heterocycles. The molecule has 0 fully saturated rings. The molecule has 0 aliphatic carbocycles. The Morgan fingerprint density at radius 3 is 2.68 bits per heavy atom. The summed E-state index contributed by atoms with van der Waals surface area (Å²) in [5, 5.41) is 15.2. The van der Waals surface area contributed by atoms with Gasteiger partial charge in [-0.05, 0) is 31.2 Å². The Kier molecular flexibility index (Phi) is 5.25. The van der Waals surface area contributed by atoms with E-state index in [1.54, 1.807) is 19.2 Å². The smallest absolute Gasteiger partial charge is 0.307 e. The molecule has 0 unspecified atom stereocenters. The number of nitro groups is 1. The Labute approximate surface area is 159 Å². The van der Waals surface area contributed by atoms with Crippen LogP contribution in [0.4, 0.5) is 5.69 Å². The average Bonchev–Trinajstić information content (AvgIpc) is 3.11. The third-order valence-electron chi connectivity index (χ3n) is 4.11. The number of hydrogen-bond donors (Lipinski definition) is 1. The predicted octanol–water partition coefficient (Wildman–Crippen LogP) is 3.43. The van der Waals surface area contributed by atoms with E-state index < -0.39 is 10.8 Å². The fraction of sp³-hybridized carbons (Fsp3) is 0.158. The van der Waals surface area contributed by atoms with Crippen LogP contribution in [0.15, 0.2) is 45.9 Å². The molecule has 0 spiro atoms. The number of carbonyl (C=O) groups excluding carboxylic acids is 1. The van der Waals surface area contributed by atoms with Crippen LogP contribution in [0.2, 0.25) is 0 Å². The maximum Gasteiger partial charge on any atom is 0.307 e. The number of benzene rings is 2. The molecule has 1 amide bonds. The van der Waals surface area contributed by atoms with Crippen molar-refractivity contribution < 1.29 is 23.6 Å². The number of fused-ring (bicyclic) bond motifs is 1. The van der Waals surface area contributed by atoms with Gasteiger partial charge in [0.05, 0.1) is 25.4 Å². The fourth-order valence-electron chi connectivity index (χ4n) is 2.76. The second kappa shape index (κ2) is 7.78. The zero-order valence-corrected chi connectivity index (χ0v) is 15.4.